The van der Waals surface area contributed by atoms with Gasteiger partial charge in [-0.3, -0.25) is 4.79 Å². The SMILES string of the molecule is COC(C)CSC(C)CC(=O)O. The topological polar surface area (TPSA) is 46.5 Å². The van der Waals surface area contributed by atoms with Crippen LogP contribution in [0, 0.1) is 0 Å². The first kappa shape index (κ1) is 11.8. The van der Waals surface area contributed by atoms with E-state index in [4.69, 9.17) is 9.84 Å². The largest absolute Gasteiger partial charge is 0.481 e. The van der Waals surface area contributed by atoms with E-state index in [0.29, 0.717) is 0 Å². The van der Waals surface area contributed by atoms with Crippen molar-refractivity contribution in [2.45, 2.75) is 31.6 Å². The number of carboxylic acid groups (broad SMARTS) is 1. The zero-order chi connectivity index (χ0) is 9.56. The second kappa shape index (κ2) is 6.31. The van der Waals surface area contributed by atoms with Gasteiger partial charge in [-0.15, -0.1) is 0 Å². The fourth-order valence-corrected chi connectivity index (χ4v) is 1.67. The molecule has 0 aromatic carbocycles. The summed E-state index contributed by atoms with van der Waals surface area (Å²) in [6.45, 7) is 3.89. The lowest BCUT2D eigenvalue weighted by atomic mass is 10.3. The van der Waals surface area contributed by atoms with E-state index in [2.05, 4.69) is 0 Å². The zero-order valence-electron chi connectivity index (χ0n) is 7.74. The van der Waals surface area contributed by atoms with Crippen LogP contribution in [0.3, 0.4) is 0 Å². The van der Waals surface area contributed by atoms with E-state index >= 15 is 0 Å². The molecule has 0 aliphatic heterocycles. The lowest BCUT2D eigenvalue weighted by Crippen LogP contribution is -2.13. The molecule has 72 valence electrons. The highest BCUT2D eigenvalue weighted by Crippen LogP contribution is 2.15. The van der Waals surface area contributed by atoms with Crippen LogP contribution in [0.25, 0.3) is 0 Å². The number of carboxylic acids is 1. The Morgan fingerprint density at radius 2 is 2.17 bits per heavy atom. The molecule has 0 saturated heterocycles. The molecule has 0 aromatic rings. The van der Waals surface area contributed by atoms with Crippen LogP contribution in [0.4, 0.5) is 0 Å². The van der Waals surface area contributed by atoms with Gasteiger partial charge in [-0.05, 0) is 6.92 Å². The number of methoxy groups -OCH3 is 1. The molecule has 0 radical (unpaired) electrons. The maximum Gasteiger partial charge on any atom is 0.304 e. The van der Waals surface area contributed by atoms with Gasteiger partial charge in [0, 0.05) is 18.1 Å². The van der Waals surface area contributed by atoms with Gasteiger partial charge in [0.25, 0.3) is 0 Å². The first-order valence-electron chi connectivity index (χ1n) is 3.92. The van der Waals surface area contributed by atoms with Crippen LogP contribution in [0.5, 0.6) is 0 Å². The van der Waals surface area contributed by atoms with Gasteiger partial charge >= 0.3 is 5.97 Å². The highest BCUT2D eigenvalue weighted by molar-refractivity contribution is 7.99. The Balaban J connectivity index is 3.43. The first-order chi connectivity index (χ1) is 5.56. The third-order valence-corrected chi connectivity index (χ3v) is 2.88. The predicted octanol–water partition coefficient (Wildman–Crippen LogP) is 1.62. The van der Waals surface area contributed by atoms with E-state index in [9.17, 15) is 4.79 Å². The molecule has 0 amide bonds. The van der Waals surface area contributed by atoms with Crippen molar-refractivity contribution in [1.29, 1.82) is 0 Å². The summed E-state index contributed by atoms with van der Waals surface area (Å²) in [7, 11) is 1.66. The molecule has 0 heterocycles. The lowest BCUT2D eigenvalue weighted by Gasteiger charge is -2.12. The monoisotopic (exact) mass is 192 g/mol. The third-order valence-electron chi connectivity index (χ3n) is 1.48. The second-order valence-corrected chi connectivity index (χ2v) is 4.26. The molecule has 0 spiro atoms. The molecule has 0 fully saturated rings. The summed E-state index contributed by atoms with van der Waals surface area (Å²) in [5, 5.41) is 8.63. The van der Waals surface area contributed by atoms with Gasteiger partial charge in [0.2, 0.25) is 0 Å². The Hall–Kier alpha value is -0.220. The van der Waals surface area contributed by atoms with E-state index in [-0.39, 0.29) is 17.8 Å². The van der Waals surface area contributed by atoms with Gasteiger partial charge in [-0.1, -0.05) is 6.92 Å². The molecule has 1 N–H and O–H groups in total. The number of rotatable bonds is 6. The predicted molar refractivity (Wildman–Crippen MR) is 50.6 cm³/mol. The van der Waals surface area contributed by atoms with Crippen molar-refractivity contribution in [1.82, 2.24) is 0 Å². The highest BCUT2D eigenvalue weighted by Gasteiger charge is 2.09. The number of aliphatic carboxylic acids is 1. The molecule has 12 heavy (non-hydrogen) atoms. The van der Waals surface area contributed by atoms with Crippen molar-refractivity contribution >= 4 is 17.7 Å². The molecule has 2 unspecified atom stereocenters. The number of hydrogen-bond acceptors (Lipinski definition) is 3. The highest BCUT2D eigenvalue weighted by atomic mass is 32.2. The van der Waals surface area contributed by atoms with Crippen LogP contribution in [0.2, 0.25) is 0 Å². The van der Waals surface area contributed by atoms with Gasteiger partial charge in [0.05, 0.1) is 12.5 Å². The van der Waals surface area contributed by atoms with E-state index in [1.165, 1.54) is 0 Å². The Bertz CT molecular complexity index is 138. The average Bonchev–Trinajstić information content (AvgIpc) is 1.99. The summed E-state index contributed by atoms with van der Waals surface area (Å²) in [5.41, 5.74) is 0. The molecule has 0 aromatic heterocycles. The van der Waals surface area contributed by atoms with E-state index in [1.54, 1.807) is 18.9 Å². The molecule has 0 saturated carbocycles. The Labute approximate surface area is 77.5 Å². The maximum absolute atomic E-state index is 10.3. The normalized spacial score (nSPS) is 15.6. The molecular formula is C8H16O3S. The van der Waals surface area contributed by atoms with Crippen LogP contribution in [0.1, 0.15) is 20.3 Å². The van der Waals surface area contributed by atoms with Crippen molar-refractivity contribution in [3.8, 4) is 0 Å². The summed E-state index contributed by atoms with van der Waals surface area (Å²) in [4.78, 5) is 10.3. The molecular weight excluding hydrogens is 176 g/mol. The van der Waals surface area contributed by atoms with Crippen molar-refractivity contribution in [2.75, 3.05) is 12.9 Å². The summed E-state index contributed by atoms with van der Waals surface area (Å²) < 4.78 is 5.04. The molecule has 0 rings (SSSR count). The van der Waals surface area contributed by atoms with Crippen molar-refractivity contribution in [3.63, 3.8) is 0 Å². The molecule has 4 heteroatoms. The molecule has 3 nitrogen and oxygen atoms in total. The average molecular weight is 192 g/mol. The van der Waals surface area contributed by atoms with Gasteiger partial charge in [-0.2, -0.15) is 11.8 Å². The maximum atomic E-state index is 10.3. The minimum Gasteiger partial charge on any atom is -0.481 e. The fraction of sp³-hybridized carbons (Fsp3) is 0.875. The molecule has 2 atom stereocenters. The Morgan fingerprint density at radius 1 is 1.58 bits per heavy atom. The first-order valence-corrected chi connectivity index (χ1v) is 4.97. The van der Waals surface area contributed by atoms with Gasteiger partial charge in [0.15, 0.2) is 0 Å². The van der Waals surface area contributed by atoms with E-state index in [0.717, 1.165) is 5.75 Å². The van der Waals surface area contributed by atoms with Crippen LogP contribution in [-0.2, 0) is 9.53 Å². The number of thioether (sulfide) groups is 1. The summed E-state index contributed by atoms with van der Waals surface area (Å²) in [6, 6.07) is 0. The summed E-state index contributed by atoms with van der Waals surface area (Å²) >= 11 is 1.63. The number of carbonyl (C=O) groups is 1. The second-order valence-electron chi connectivity index (χ2n) is 2.79. The zero-order valence-corrected chi connectivity index (χ0v) is 8.56. The Kier molecular flexibility index (Phi) is 6.20. The van der Waals surface area contributed by atoms with Crippen LogP contribution in [-0.4, -0.2) is 35.3 Å². The number of hydrogen-bond donors (Lipinski definition) is 1. The summed E-state index contributed by atoms with van der Waals surface area (Å²) in [5.74, 6) is 0.116. The minimum atomic E-state index is -0.736. The van der Waals surface area contributed by atoms with Gasteiger partial charge in [0.1, 0.15) is 0 Å². The molecule has 0 aliphatic rings. The van der Waals surface area contributed by atoms with Crippen molar-refractivity contribution in [3.05, 3.63) is 0 Å². The smallest absolute Gasteiger partial charge is 0.304 e. The number of ether oxygens (including phenoxy) is 1. The van der Waals surface area contributed by atoms with Gasteiger partial charge < -0.3 is 9.84 Å². The van der Waals surface area contributed by atoms with E-state index in [1.807, 2.05) is 13.8 Å². The van der Waals surface area contributed by atoms with Crippen molar-refractivity contribution in [2.24, 2.45) is 0 Å². The Morgan fingerprint density at radius 3 is 2.58 bits per heavy atom. The standard InChI is InChI=1S/C8H16O3S/c1-6(11-3)5-12-7(2)4-8(9)10/h6-7H,4-5H2,1-3H3,(H,9,10). The summed E-state index contributed by atoms with van der Waals surface area (Å²) in [6.07, 6.45) is 0.424. The van der Waals surface area contributed by atoms with Crippen LogP contribution >= 0.6 is 11.8 Å². The van der Waals surface area contributed by atoms with E-state index < -0.39 is 5.97 Å². The van der Waals surface area contributed by atoms with Crippen molar-refractivity contribution < 1.29 is 14.6 Å². The van der Waals surface area contributed by atoms with Crippen LogP contribution < -0.4 is 0 Å². The molecule has 0 bridgehead atoms. The quantitative estimate of drug-likeness (QED) is 0.694. The molecule has 0 aliphatic carbocycles. The van der Waals surface area contributed by atoms with Gasteiger partial charge in [-0.25, -0.2) is 0 Å². The minimum absolute atomic E-state index is 0.167. The van der Waals surface area contributed by atoms with Crippen LogP contribution in [0.15, 0.2) is 0 Å². The third kappa shape index (κ3) is 6.49. The fourth-order valence-electron chi connectivity index (χ4n) is 0.673. The lowest BCUT2D eigenvalue weighted by molar-refractivity contribution is -0.136.